The second kappa shape index (κ2) is 7.01. The maximum Gasteiger partial charge on any atom is 0.349 e. The average molecular weight is 353 g/mol. The third-order valence-corrected chi connectivity index (χ3v) is 4.36. The van der Waals surface area contributed by atoms with E-state index in [0.29, 0.717) is 11.2 Å². The number of morpholine rings is 1. The molecule has 0 unspecified atom stereocenters. The van der Waals surface area contributed by atoms with E-state index >= 15 is 0 Å². The highest BCUT2D eigenvalue weighted by Crippen LogP contribution is 2.19. The van der Waals surface area contributed by atoms with Crippen molar-refractivity contribution in [1.29, 1.82) is 0 Å². The molecule has 26 heavy (non-hydrogen) atoms. The SMILES string of the molecule is O=C(Cn1ncc2cccn2c1=O)Nc1ccc(N2CCOCC2)cc1. The number of benzene rings is 1. The molecule has 134 valence electrons. The molecular weight excluding hydrogens is 334 g/mol. The summed E-state index contributed by atoms with van der Waals surface area (Å²) in [5.41, 5.74) is 2.14. The minimum Gasteiger partial charge on any atom is -0.378 e. The zero-order chi connectivity index (χ0) is 17.9. The lowest BCUT2D eigenvalue weighted by Gasteiger charge is -2.28. The van der Waals surface area contributed by atoms with Crippen LogP contribution in [-0.2, 0) is 16.1 Å². The van der Waals surface area contributed by atoms with Crippen LogP contribution in [-0.4, -0.2) is 46.4 Å². The Morgan fingerprint density at radius 2 is 1.92 bits per heavy atom. The molecule has 8 nitrogen and oxygen atoms in total. The molecular formula is C18H19N5O3. The predicted octanol–water partition coefficient (Wildman–Crippen LogP) is 0.971. The van der Waals surface area contributed by atoms with Gasteiger partial charge in [-0.05, 0) is 36.4 Å². The average Bonchev–Trinajstić information content (AvgIpc) is 3.15. The molecule has 1 N–H and O–H groups in total. The van der Waals surface area contributed by atoms with Gasteiger partial charge in [0.15, 0.2) is 0 Å². The second-order valence-electron chi connectivity index (χ2n) is 6.08. The molecule has 2 aromatic heterocycles. The van der Waals surface area contributed by atoms with Crippen molar-refractivity contribution >= 4 is 22.8 Å². The van der Waals surface area contributed by atoms with Crippen LogP contribution in [0.4, 0.5) is 11.4 Å². The lowest BCUT2D eigenvalue weighted by atomic mass is 10.2. The van der Waals surface area contributed by atoms with Gasteiger partial charge in [0.1, 0.15) is 6.54 Å². The maximum atomic E-state index is 12.3. The van der Waals surface area contributed by atoms with Crippen LogP contribution in [0.3, 0.4) is 0 Å². The van der Waals surface area contributed by atoms with Crippen LogP contribution in [0.5, 0.6) is 0 Å². The number of anilines is 2. The van der Waals surface area contributed by atoms with E-state index in [1.165, 1.54) is 4.40 Å². The van der Waals surface area contributed by atoms with Crippen LogP contribution >= 0.6 is 0 Å². The fourth-order valence-corrected chi connectivity index (χ4v) is 3.00. The number of aromatic nitrogens is 3. The summed E-state index contributed by atoms with van der Waals surface area (Å²) < 4.78 is 7.95. The van der Waals surface area contributed by atoms with E-state index in [1.807, 2.05) is 24.3 Å². The highest BCUT2D eigenvalue weighted by Gasteiger charge is 2.12. The molecule has 1 saturated heterocycles. The van der Waals surface area contributed by atoms with Gasteiger partial charge in [-0.15, -0.1) is 0 Å². The first kappa shape index (κ1) is 16.3. The van der Waals surface area contributed by atoms with Crippen molar-refractivity contribution < 1.29 is 9.53 Å². The van der Waals surface area contributed by atoms with Crippen LogP contribution < -0.4 is 15.9 Å². The highest BCUT2D eigenvalue weighted by molar-refractivity contribution is 5.90. The summed E-state index contributed by atoms with van der Waals surface area (Å²) in [5.74, 6) is -0.301. The molecule has 1 amide bonds. The van der Waals surface area contributed by atoms with E-state index in [0.717, 1.165) is 36.7 Å². The summed E-state index contributed by atoms with van der Waals surface area (Å²) in [5, 5.41) is 6.84. The van der Waals surface area contributed by atoms with Crippen molar-refractivity contribution in [1.82, 2.24) is 14.2 Å². The van der Waals surface area contributed by atoms with Gasteiger partial charge in [-0.3, -0.25) is 9.20 Å². The molecule has 4 rings (SSSR count). The second-order valence-corrected chi connectivity index (χ2v) is 6.08. The fourth-order valence-electron chi connectivity index (χ4n) is 3.00. The zero-order valence-electron chi connectivity index (χ0n) is 14.2. The molecule has 3 aromatic rings. The van der Waals surface area contributed by atoms with Gasteiger partial charge in [-0.25, -0.2) is 9.48 Å². The fraction of sp³-hybridized carbons (Fsp3) is 0.278. The van der Waals surface area contributed by atoms with E-state index < -0.39 is 0 Å². The third kappa shape index (κ3) is 3.31. The lowest BCUT2D eigenvalue weighted by molar-refractivity contribution is -0.117. The maximum absolute atomic E-state index is 12.3. The summed E-state index contributed by atoms with van der Waals surface area (Å²) in [4.78, 5) is 26.8. The van der Waals surface area contributed by atoms with Crippen molar-refractivity contribution in [2.75, 3.05) is 36.5 Å². The molecule has 0 radical (unpaired) electrons. The van der Waals surface area contributed by atoms with Crippen molar-refractivity contribution in [3.05, 3.63) is 59.3 Å². The van der Waals surface area contributed by atoms with Crippen LogP contribution in [0, 0.1) is 0 Å². The molecule has 1 aromatic carbocycles. The van der Waals surface area contributed by atoms with Crippen LogP contribution in [0.2, 0.25) is 0 Å². The normalized spacial score (nSPS) is 14.5. The first-order chi connectivity index (χ1) is 12.7. The molecule has 1 aliphatic rings. The van der Waals surface area contributed by atoms with Crippen molar-refractivity contribution in [2.45, 2.75) is 6.54 Å². The van der Waals surface area contributed by atoms with Crippen LogP contribution in [0.25, 0.3) is 5.52 Å². The highest BCUT2D eigenvalue weighted by atomic mass is 16.5. The molecule has 1 aliphatic heterocycles. The number of fused-ring (bicyclic) bond motifs is 1. The molecule has 0 bridgehead atoms. The molecule has 8 heteroatoms. The summed E-state index contributed by atoms with van der Waals surface area (Å²) in [6.07, 6.45) is 3.21. The molecule has 0 spiro atoms. The number of carbonyl (C=O) groups excluding carboxylic acids is 1. The van der Waals surface area contributed by atoms with Gasteiger partial charge in [0.05, 0.1) is 24.9 Å². The molecule has 0 atom stereocenters. The molecule has 3 heterocycles. The van der Waals surface area contributed by atoms with E-state index in [9.17, 15) is 9.59 Å². The van der Waals surface area contributed by atoms with Gasteiger partial charge in [-0.2, -0.15) is 5.10 Å². The standard InChI is InChI=1S/C18H19N5O3/c24-17(13-23-18(25)22-7-1-2-16(22)12-19-23)20-14-3-5-15(6-4-14)21-8-10-26-11-9-21/h1-7,12H,8-11,13H2,(H,20,24). The minimum atomic E-state index is -0.342. The summed E-state index contributed by atoms with van der Waals surface area (Å²) in [6.45, 7) is 3.04. The number of amides is 1. The van der Waals surface area contributed by atoms with Gasteiger partial charge in [-0.1, -0.05) is 0 Å². The first-order valence-corrected chi connectivity index (χ1v) is 8.46. The van der Waals surface area contributed by atoms with Crippen molar-refractivity contribution in [2.24, 2.45) is 0 Å². The Morgan fingerprint density at radius 1 is 1.15 bits per heavy atom. The Kier molecular flexibility index (Phi) is 4.40. The number of rotatable bonds is 4. The Balaban J connectivity index is 1.42. The van der Waals surface area contributed by atoms with Gasteiger partial charge in [0, 0.05) is 30.7 Å². The number of nitrogens with one attached hydrogen (secondary N) is 1. The zero-order valence-corrected chi connectivity index (χ0v) is 14.2. The molecule has 0 aliphatic carbocycles. The minimum absolute atomic E-state index is 0.141. The number of hydrogen-bond donors (Lipinski definition) is 1. The summed E-state index contributed by atoms with van der Waals surface area (Å²) >= 11 is 0. The number of nitrogens with zero attached hydrogens (tertiary/aromatic N) is 4. The Labute approximate surface area is 149 Å². The molecule has 1 fully saturated rings. The molecule has 0 saturated carbocycles. The van der Waals surface area contributed by atoms with Crippen LogP contribution in [0.1, 0.15) is 0 Å². The van der Waals surface area contributed by atoms with Gasteiger partial charge < -0.3 is 15.0 Å². The van der Waals surface area contributed by atoms with Crippen molar-refractivity contribution in [3.8, 4) is 0 Å². The number of carbonyl (C=O) groups is 1. The summed E-state index contributed by atoms with van der Waals surface area (Å²) in [6, 6.07) is 11.2. The number of ether oxygens (including phenoxy) is 1. The Morgan fingerprint density at radius 3 is 2.69 bits per heavy atom. The smallest absolute Gasteiger partial charge is 0.349 e. The van der Waals surface area contributed by atoms with Gasteiger partial charge in [0.25, 0.3) is 0 Å². The van der Waals surface area contributed by atoms with E-state index in [4.69, 9.17) is 4.74 Å². The van der Waals surface area contributed by atoms with E-state index in [2.05, 4.69) is 15.3 Å². The van der Waals surface area contributed by atoms with Gasteiger partial charge >= 0.3 is 5.69 Å². The topological polar surface area (TPSA) is 80.9 Å². The van der Waals surface area contributed by atoms with Crippen LogP contribution in [0.15, 0.2) is 53.6 Å². The van der Waals surface area contributed by atoms with E-state index in [-0.39, 0.29) is 18.1 Å². The summed E-state index contributed by atoms with van der Waals surface area (Å²) in [7, 11) is 0. The monoisotopic (exact) mass is 353 g/mol. The third-order valence-electron chi connectivity index (χ3n) is 4.36. The Hall–Kier alpha value is -3.13. The largest absolute Gasteiger partial charge is 0.378 e. The van der Waals surface area contributed by atoms with Gasteiger partial charge in [0.2, 0.25) is 5.91 Å². The van der Waals surface area contributed by atoms with Crippen molar-refractivity contribution in [3.63, 3.8) is 0 Å². The Bertz CT molecular complexity index is 970. The lowest BCUT2D eigenvalue weighted by Crippen LogP contribution is -2.36. The quantitative estimate of drug-likeness (QED) is 0.756. The first-order valence-electron chi connectivity index (χ1n) is 8.46. The van der Waals surface area contributed by atoms with E-state index in [1.54, 1.807) is 24.5 Å². The predicted molar refractivity (Wildman–Crippen MR) is 97.6 cm³/mol. The number of hydrogen-bond acceptors (Lipinski definition) is 5.